The van der Waals surface area contributed by atoms with Gasteiger partial charge in [-0.1, -0.05) is 0 Å². The molecule has 28 heavy (non-hydrogen) atoms. The Bertz CT molecular complexity index is 916. The van der Waals surface area contributed by atoms with Gasteiger partial charge in [0.25, 0.3) is 0 Å². The number of aromatic nitrogens is 4. The maximum Gasteiger partial charge on any atom is 0.227 e. The maximum absolute atomic E-state index is 5.79. The fraction of sp³-hybridized carbons (Fsp3) is 0.350. The molecule has 0 saturated carbocycles. The van der Waals surface area contributed by atoms with E-state index in [0.29, 0.717) is 17.6 Å². The molecule has 1 aromatic carbocycles. The summed E-state index contributed by atoms with van der Waals surface area (Å²) in [6.45, 7) is 5.68. The molecule has 2 N–H and O–H groups in total. The second kappa shape index (κ2) is 7.85. The lowest BCUT2D eigenvalue weighted by atomic mass is 10.1. The minimum atomic E-state index is 0.155. The normalized spacial score (nSPS) is 19.5. The Balaban J connectivity index is 1.48. The van der Waals surface area contributed by atoms with Gasteiger partial charge in [0.2, 0.25) is 5.95 Å². The summed E-state index contributed by atoms with van der Waals surface area (Å²) in [4.78, 5) is 11.2. The van der Waals surface area contributed by atoms with Crippen LogP contribution >= 0.6 is 0 Å². The molecule has 1 aliphatic rings. The third-order valence-corrected chi connectivity index (χ3v) is 4.58. The van der Waals surface area contributed by atoms with Crippen molar-refractivity contribution in [1.29, 1.82) is 0 Å². The van der Waals surface area contributed by atoms with Crippen LogP contribution in [0.3, 0.4) is 0 Å². The molecule has 4 rings (SSSR count). The predicted octanol–water partition coefficient (Wildman–Crippen LogP) is 3.23. The van der Waals surface area contributed by atoms with E-state index in [1.807, 2.05) is 36.4 Å². The number of nitrogens with one attached hydrogen (secondary N) is 2. The van der Waals surface area contributed by atoms with Crippen molar-refractivity contribution in [2.45, 2.75) is 26.1 Å². The molecule has 0 aliphatic carbocycles. The van der Waals surface area contributed by atoms with Crippen LogP contribution in [-0.2, 0) is 4.74 Å². The van der Waals surface area contributed by atoms with Crippen LogP contribution in [0, 0.1) is 0 Å². The van der Waals surface area contributed by atoms with Crippen molar-refractivity contribution in [3.05, 3.63) is 42.6 Å². The number of ether oxygens (including phenoxy) is 2. The third kappa shape index (κ3) is 4.07. The molecule has 2 unspecified atom stereocenters. The summed E-state index contributed by atoms with van der Waals surface area (Å²) in [5, 5.41) is 10.6. The van der Waals surface area contributed by atoms with Gasteiger partial charge in [0.05, 0.1) is 25.0 Å². The van der Waals surface area contributed by atoms with E-state index in [1.165, 1.54) is 0 Å². The number of aromatic amines is 1. The molecular weight excluding hydrogens is 356 g/mol. The number of benzene rings is 1. The number of anilines is 3. The van der Waals surface area contributed by atoms with E-state index in [-0.39, 0.29) is 12.2 Å². The first-order chi connectivity index (χ1) is 13.6. The molecule has 8 heteroatoms. The molecule has 1 fully saturated rings. The van der Waals surface area contributed by atoms with Gasteiger partial charge in [-0.2, -0.15) is 10.1 Å². The minimum absolute atomic E-state index is 0.155. The quantitative estimate of drug-likeness (QED) is 0.702. The zero-order valence-corrected chi connectivity index (χ0v) is 16.2. The number of morpholine rings is 1. The van der Waals surface area contributed by atoms with Gasteiger partial charge in [-0.25, -0.2) is 4.98 Å². The van der Waals surface area contributed by atoms with Gasteiger partial charge in [0.1, 0.15) is 11.6 Å². The SMILES string of the molecule is COc1ccc(-c2cc(Nc3ccnc(N4CC(C)OC(C)C4)n3)n[nH]2)cc1. The molecule has 0 radical (unpaired) electrons. The average Bonchev–Trinajstić information content (AvgIpc) is 3.16. The highest BCUT2D eigenvalue weighted by Crippen LogP contribution is 2.24. The Kier molecular flexibility index (Phi) is 5.12. The summed E-state index contributed by atoms with van der Waals surface area (Å²) in [7, 11) is 1.65. The van der Waals surface area contributed by atoms with Crippen molar-refractivity contribution in [3.8, 4) is 17.0 Å². The zero-order valence-electron chi connectivity index (χ0n) is 16.2. The van der Waals surface area contributed by atoms with Gasteiger partial charge in [0.15, 0.2) is 5.82 Å². The van der Waals surface area contributed by atoms with E-state index in [2.05, 4.69) is 44.2 Å². The summed E-state index contributed by atoms with van der Waals surface area (Å²) in [6, 6.07) is 11.6. The summed E-state index contributed by atoms with van der Waals surface area (Å²) in [5.41, 5.74) is 1.94. The van der Waals surface area contributed by atoms with E-state index >= 15 is 0 Å². The van der Waals surface area contributed by atoms with Crippen LogP contribution in [-0.4, -0.2) is 52.6 Å². The lowest BCUT2D eigenvalue weighted by Crippen LogP contribution is -2.46. The van der Waals surface area contributed by atoms with Crippen molar-refractivity contribution in [3.63, 3.8) is 0 Å². The fourth-order valence-corrected chi connectivity index (χ4v) is 3.35. The van der Waals surface area contributed by atoms with Crippen molar-refractivity contribution in [1.82, 2.24) is 20.2 Å². The van der Waals surface area contributed by atoms with Gasteiger partial charge in [-0.15, -0.1) is 0 Å². The van der Waals surface area contributed by atoms with Crippen molar-refractivity contribution in [2.24, 2.45) is 0 Å². The molecule has 0 amide bonds. The lowest BCUT2D eigenvalue weighted by Gasteiger charge is -2.35. The Morgan fingerprint density at radius 2 is 1.86 bits per heavy atom. The summed E-state index contributed by atoms with van der Waals surface area (Å²) in [5.74, 6) is 2.91. The molecular formula is C20H24N6O2. The molecule has 3 heterocycles. The maximum atomic E-state index is 5.79. The largest absolute Gasteiger partial charge is 0.497 e. The van der Waals surface area contributed by atoms with Gasteiger partial charge in [0, 0.05) is 25.4 Å². The third-order valence-electron chi connectivity index (χ3n) is 4.58. The number of H-pyrrole nitrogens is 1. The number of nitrogens with zero attached hydrogens (tertiary/aromatic N) is 4. The molecule has 0 spiro atoms. The van der Waals surface area contributed by atoms with E-state index in [0.717, 1.165) is 30.1 Å². The van der Waals surface area contributed by atoms with Crippen LogP contribution in [0.1, 0.15) is 13.8 Å². The standard InChI is InChI=1S/C20H24N6O2/c1-13-11-26(12-14(2)28-13)20-21-9-8-18(23-20)22-19-10-17(24-25-19)15-4-6-16(27-3)7-5-15/h4-10,13-14H,11-12H2,1-3H3,(H2,21,22,23,24,25). The van der Waals surface area contributed by atoms with Crippen LogP contribution in [0.5, 0.6) is 5.75 Å². The smallest absolute Gasteiger partial charge is 0.227 e. The lowest BCUT2D eigenvalue weighted by molar-refractivity contribution is -0.00571. The Labute approximate surface area is 163 Å². The van der Waals surface area contributed by atoms with E-state index < -0.39 is 0 Å². The summed E-state index contributed by atoms with van der Waals surface area (Å²) in [6.07, 6.45) is 2.07. The monoisotopic (exact) mass is 380 g/mol. The molecule has 3 aromatic rings. The molecule has 2 aromatic heterocycles. The molecule has 2 atom stereocenters. The molecule has 8 nitrogen and oxygen atoms in total. The fourth-order valence-electron chi connectivity index (χ4n) is 3.35. The predicted molar refractivity (Wildman–Crippen MR) is 108 cm³/mol. The number of hydrogen-bond donors (Lipinski definition) is 2. The minimum Gasteiger partial charge on any atom is -0.497 e. The van der Waals surface area contributed by atoms with Crippen LogP contribution in [0.2, 0.25) is 0 Å². The van der Waals surface area contributed by atoms with E-state index in [9.17, 15) is 0 Å². The van der Waals surface area contributed by atoms with E-state index in [1.54, 1.807) is 13.3 Å². The van der Waals surface area contributed by atoms with Gasteiger partial charge >= 0.3 is 0 Å². The average molecular weight is 380 g/mol. The molecule has 1 aliphatic heterocycles. The summed E-state index contributed by atoms with van der Waals surface area (Å²) < 4.78 is 11.0. The first kappa shape index (κ1) is 18.2. The zero-order chi connectivity index (χ0) is 19.5. The Morgan fingerprint density at radius 3 is 2.57 bits per heavy atom. The van der Waals surface area contributed by atoms with Gasteiger partial charge in [-0.3, -0.25) is 5.10 Å². The molecule has 1 saturated heterocycles. The highest BCUT2D eigenvalue weighted by atomic mass is 16.5. The Hall–Kier alpha value is -3.13. The van der Waals surface area contributed by atoms with Crippen molar-refractivity contribution >= 4 is 17.6 Å². The van der Waals surface area contributed by atoms with Crippen LogP contribution in [0.4, 0.5) is 17.6 Å². The van der Waals surface area contributed by atoms with Gasteiger partial charge < -0.3 is 19.7 Å². The topological polar surface area (TPSA) is 88.2 Å². The van der Waals surface area contributed by atoms with E-state index in [4.69, 9.17) is 9.47 Å². The van der Waals surface area contributed by atoms with Crippen molar-refractivity contribution < 1.29 is 9.47 Å². The van der Waals surface area contributed by atoms with Crippen LogP contribution in [0.15, 0.2) is 42.6 Å². The molecule has 0 bridgehead atoms. The molecule has 146 valence electrons. The number of rotatable bonds is 5. The first-order valence-electron chi connectivity index (χ1n) is 9.31. The second-order valence-corrected chi connectivity index (χ2v) is 6.92. The van der Waals surface area contributed by atoms with Crippen molar-refractivity contribution in [2.75, 3.05) is 30.4 Å². The Morgan fingerprint density at radius 1 is 1.11 bits per heavy atom. The highest BCUT2D eigenvalue weighted by molar-refractivity contribution is 5.65. The highest BCUT2D eigenvalue weighted by Gasteiger charge is 2.24. The number of methoxy groups -OCH3 is 1. The van der Waals surface area contributed by atoms with Gasteiger partial charge in [-0.05, 0) is 49.7 Å². The van der Waals surface area contributed by atoms with Crippen LogP contribution in [0.25, 0.3) is 11.3 Å². The second-order valence-electron chi connectivity index (χ2n) is 6.92. The van der Waals surface area contributed by atoms with Crippen LogP contribution < -0.4 is 15.0 Å². The first-order valence-corrected chi connectivity index (χ1v) is 9.31. The number of hydrogen-bond acceptors (Lipinski definition) is 7. The summed E-state index contributed by atoms with van der Waals surface area (Å²) >= 11 is 0.